The molecule has 0 unspecified atom stereocenters. The second kappa shape index (κ2) is 4.18. The molecule has 0 aliphatic heterocycles. The molecule has 0 atom stereocenters. The Morgan fingerprint density at radius 3 is 2.75 bits per heavy atom. The van der Waals surface area contributed by atoms with Crippen molar-refractivity contribution in [2.24, 2.45) is 0 Å². The van der Waals surface area contributed by atoms with E-state index >= 15 is 0 Å². The fourth-order valence-corrected chi connectivity index (χ4v) is 2.10. The lowest BCUT2D eigenvalue weighted by Crippen LogP contribution is -2.04. The first-order chi connectivity index (χ1) is 7.63. The van der Waals surface area contributed by atoms with Crippen LogP contribution in [0, 0.1) is 0 Å². The summed E-state index contributed by atoms with van der Waals surface area (Å²) >= 11 is 0. The molecule has 16 heavy (non-hydrogen) atoms. The number of rotatable bonds is 3. The summed E-state index contributed by atoms with van der Waals surface area (Å²) in [5.41, 5.74) is 9.22. The van der Waals surface area contributed by atoms with Gasteiger partial charge in [-0.05, 0) is 38.6 Å². The number of fused-ring (bicyclic) bond motifs is 1. The second-order valence-electron chi connectivity index (χ2n) is 4.46. The van der Waals surface area contributed by atoms with Gasteiger partial charge in [-0.25, -0.2) is 0 Å². The van der Waals surface area contributed by atoms with Gasteiger partial charge in [-0.15, -0.1) is 0 Å². The summed E-state index contributed by atoms with van der Waals surface area (Å²) in [6.07, 6.45) is 2.21. The van der Waals surface area contributed by atoms with E-state index in [1.54, 1.807) is 0 Å². The maximum Gasteiger partial charge on any atom is 0.0506 e. The van der Waals surface area contributed by atoms with Crippen LogP contribution in [0.5, 0.6) is 0 Å². The number of anilines is 1. The number of nitrogen functional groups attached to an aromatic ring is 1. The summed E-state index contributed by atoms with van der Waals surface area (Å²) in [4.78, 5) is 0. The molecule has 3 heteroatoms. The number of nitrogens with zero attached hydrogens (tertiary/aromatic N) is 1. The van der Waals surface area contributed by atoms with Crippen LogP contribution < -0.4 is 11.1 Å². The topological polar surface area (TPSA) is 43.0 Å². The average molecular weight is 217 g/mol. The molecule has 0 spiro atoms. The molecule has 0 bridgehead atoms. The van der Waals surface area contributed by atoms with Crippen LogP contribution in [0.15, 0.2) is 24.4 Å². The van der Waals surface area contributed by atoms with E-state index in [0.717, 1.165) is 12.2 Å². The summed E-state index contributed by atoms with van der Waals surface area (Å²) in [6.45, 7) is 5.26. The van der Waals surface area contributed by atoms with Crippen LogP contribution in [0.4, 0.5) is 5.69 Å². The third-order valence-corrected chi connectivity index (χ3v) is 2.86. The van der Waals surface area contributed by atoms with Crippen molar-refractivity contribution in [3.05, 3.63) is 30.0 Å². The fraction of sp³-hybridized carbons (Fsp3) is 0.385. The lowest BCUT2D eigenvalue weighted by Gasteiger charge is -2.09. The molecule has 0 saturated carbocycles. The second-order valence-corrected chi connectivity index (χ2v) is 4.46. The zero-order chi connectivity index (χ0) is 11.7. The third-order valence-electron chi connectivity index (χ3n) is 2.86. The van der Waals surface area contributed by atoms with E-state index in [-0.39, 0.29) is 0 Å². The van der Waals surface area contributed by atoms with Crippen molar-refractivity contribution in [1.29, 1.82) is 0 Å². The fourth-order valence-electron chi connectivity index (χ4n) is 2.10. The smallest absolute Gasteiger partial charge is 0.0506 e. The van der Waals surface area contributed by atoms with Gasteiger partial charge in [-0.2, -0.15) is 0 Å². The largest absolute Gasteiger partial charge is 0.399 e. The molecule has 0 radical (unpaired) electrons. The highest BCUT2D eigenvalue weighted by Crippen LogP contribution is 2.26. The summed E-state index contributed by atoms with van der Waals surface area (Å²) in [5.74, 6) is 0. The van der Waals surface area contributed by atoms with Gasteiger partial charge in [-0.3, -0.25) is 0 Å². The predicted molar refractivity (Wildman–Crippen MR) is 69.5 cm³/mol. The van der Waals surface area contributed by atoms with Crippen LogP contribution in [0.2, 0.25) is 0 Å². The minimum Gasteiger partial charge on any atom is -0.399 e. The monoisotopic (exact) mass is 217 g/mol. The molecule has 0 aliphatic rings. The molecule has 1 aromatic heterocycles. The van der Waals surface area contributed by atoms with E-state index in [0.29, 0.717) is 6.04 Å². The Balaban J connectivity index is 2.66. The Morgan fingerprint density at radius 1 is 1.38 bits per heavy atom. The van der Waals surface area contributed by atoms with Crippen LogP contribution >= 0.6 is 0 Å². The zero-order valence-corrected chi connectivity index (χ0v) is 10.1. The number of nitrogens with two attached hydrogens (primary N) is 1. The number of benzene rings is 1. The highest BCUT2D eigenvalue weighted by Gasteiger charge is 2.09. The molecule has 3 N–H and O–H groups in total. The summed E-state index contributed by atoms with van der Waals surface area (Å²) < 4.78 is 2.28. The zero-order valence-electron chi connectivity index (χ0n) is 10.1. The van der Waals surface area contributed by atoms with Crippen LogP contribution in [-0.4, -0.2) is 11.6 Å². The molecule has 2 aromatic rings. The van der Waals surface area contributed by atoms with Crippen molar-refractivity contribution < 1.29 is 0 Å². The minimum absolute atomic E-state index is 0.454. The molecule has 0 saturated heterocycles. The SMILES string of the molecule is CNCc1cn(C(C)C)c2cc(N)ccc12. The highest BCUT2D eigenvalue weighted by atomic mass is 15.0. The van der Waals surface area contributed by atoms with E-state index in [4.69, 9.17) is 5.73 Å². The van der Waals surface area contributed by atoms with Gasteiger partial charge in [0.2, 0.25) is 0 Å². The summed E-state index contributed by atoms with van der Waals surface area (Å²) in [5, 5.41) is 4.49. The first-order valence-electron chi connectivity index (χ1n) is 5.67. The predicted octanol–water partition coefficient (Wildman–Crippen LogP) is 2.52. The Morgan fingerprint density at radius 2 is 2.12 bits per heavy atom. The molecular formula is C13H19N3. The van der Waals surface area contributed by atoms with Gasteiger partial charge in [0.1, 0.15) is 0 Å². The third kappa shape index (κ3) is 1.78. The molecule has 3 nitrogen and oxygen atoms in total. The van der Waals surface area contributed by atoms with Crippen LogP contribution in [0.3, 0.4) is 0 Å². The van der Waals surface area contributed by atoms with Gasteiger partial charge >= 0.3 is 0 Å². The van der Waals surface area contributed by atoms with Crippen LogP contribution in [0.25, 0.3) is 10.9 Å². The molecule has 0 fully saturated rings. The quantitative estimate of drug-likeness (QED) is 0.776. The number of hydrogen-bond donors (Lipinski definition) is 2. The average Bonchev–Trinajstić information content (AvgIpc) is 2.57. The van der Waals surface area contributed by atoms with Gasteiger partial charge in [0.15, 0.2) is 0 Å². The molecule has 86 valence electrons. The first-order valence-corrected chi connectivity index (χ1v) is 5.67. The van der Waals surface area contributed by atoms with Crippen molar-refractivity contribution in [3.63, 3.8) is 0 Å². The molecule has 0 amide bonds. The van der Waals surface area contributed by atoms with Gasteiger partial charge in [-0.1, -0.05) is 6.07 Å². The lowest BCUT2D eigenvalue weighted by atomic mass is 10.1. The van der Waals surface area contributed by atoms with Gasteiger partial charge in [0.05, 0.1) is 5.52 Å². The lowest BCUT2D eigenvalue weighted by molar-refractivity contribution is 0.619. The summed E-state index contributed by atoms with van der Waals surface area (Å²) in [6, 6.07) is 6.58. The van der Waals surface area contributed by atoms with Crippen LogP contribution in [0.1, 0.15) is 25.5 Å². The molecular weight excluding hydrogens is 198 g/mol. The summed E-state index contributed by atoms with van der Waals surface area (Å²) in [7, 11) is 1.97. The maximum atomic E-state index is 5.85. The molecule has 0 aliphatic carbocycles. The van der Waals surface area contributed by atoms with Gasteiger partial charge in [0.25, 0.3) is 0 Å². The van der Waals surface area contributed by atoms with E-state index in [1.807, 2.05) is 13.1 Å². The highest BCUT2D eigenvalue weighted by molar-refractivity contribution is 5.86. The number of nitrogens with one attached hydrogen (secondary N) is 1. The van der Waals surface area contributed by atoms with E-state index < -0.39 is 0 Å². The normalized spacial score (nSPS) is 11.5. The van der Waals surface area contributed by atoms with Crippen molar-refractivity contribution >= 4 is 16.6 Å². The molecule has 2 rings (SSSR count). The van der Waals surface area contributed by atoms with Crippen molar-refractivity contribution in [2.45, 2.75) is 26.4 Å². The minimum atomic E-state index is 0.454. The van der Waals surface area contributed by atoms with Crippen molar-refractivity contribution in [3.8, 4) is 0 Å². The number of aromatic nitrogens is 1. The van der Waals surface area contributed by atoms with Crippen molar-refractivity contribution in [2.75, 3.05) is 12.8 Å². The van der Waals surface area contributed by atoms with Gasteiger partial charge < -0.3 is 15.6 Å². The van der Waals surface area contributed by atoms with Crippen LogP contribution in [-0.2, 0) is 6.54 Å². The Hall–Kier alpha value is -1.48. The Labute approximate surface area is 96.2 Å². The maximum absolute atomic E-state index is 5.85. The van der Waals surface area contributed by atoms with E-state index in [9.17, 15) is 0 Å². The van der Waals surface area contributed by atoms with E-state index in [1.165, 1.54) is 16.5 Å². The van der Waals surface area contributed by atoms with E-state index in [2.05, 4.69) is 42.1 Å². The first kappa shape index (κ1) is 11.0. The van der Waals surface area contributed by atoms with Crippen molar-refractivity contribution in [1.82, 2.24) is 9.88 Å². The molecule has 1 aromatic carbocycles. The Bertz CT molecular complexity index is 497. The van der Waals surface area contributed by atoms with Gasteiger partial charge in [0, 0.05) is 29.9 Å². The number of hydrogen-bond acceptors (Lipinski definition) is 2. The standard InChI is InChI=1S/C13H19N3/c1-9(2)16-8-10(7-15-3)12-5-4-11(14)6-13(12)16/h4-6,8-9,15H,7,14H2,1-3H3. The Kier molecular flexibility index (Phi) is 2.88. The molecule has 1 heterocycles.